The van der Waals surface area contributed by atoms with Crippen molar-refractivity contribution < 1.29 is 9.18 Å². The number of carbonyl (C=O) groups is 1. The highest BCUT2D eigenvalue weighted by Crippen LogP contribution is 2.28. The summed E-state index contributed by atoms with van der Waals surface area (Å²) in [5, 5.41) is 2.80. The van der Waals surface area contributed by atoms with Gasteiger partial charge in [0.05, 0.1) is 18.3 Å². The first-order chi connectivity index (χ1) is 21.1. The van der Waals surface area contributed by atoms with Gasteiger partial charge in [0.2, 0.25) is 5.91 Å². The summed E-state index contributed by atoms with van der Waals surface area (Å²) in [6.45, 7) is 10.9. The smallest absolute Gasteiger partial charge is 0.230 e. The molecule has 1 saturated heterocycles. The van der Waals surface area contributed by atoms with E-state index in [4.69, 9.17) is 0 Å². The van der Waals surface area contributed by atoms with Gasteiger partial charge in [0.15, 0.2) is 0 Å². The third kappa shape index (κ3) is 6.55. The van der Waals surface area contributed by atoms with E-state index in [-0.39, 0.29) is 17.7 Å². The fraction of sp³-hybridized carbons (Fsp3) is 0.333. The van der Waals surface area contributed by atoms with Crippen LogP contribution in [0.15, 0.2) is 79.4 Å². The molecule has 1 fully saturated rings. The quantitative estimate of drug-likeness (QED) is 0.209. The van der Waals surface area contributed by atoms with Gasteiger partial charge in [-0.3, -0.25) is 14.2 Å². The lowest BCUT2D eigenvalue weighted by atomic mass is 9.88. The number of nitrogens with zero attached hydrogens (tertiary/aromatic N) is 5. The standard InChI is InChI=1S/C36H39FN6O/c1-24(42-14-5-6-15-42)17-30-18-25(9-12-38-30)26-11-16-43-32(23-40-34(43)20-26)28-8-7-27(31(37)19-28)21-35(44)41-33-22-29(10-13-39-33)36(2,3)4/h7-13,16,18-20,22-24H,5-6,14-15,17,21H2,1-4H3,(H,39,41,44). The first kappa shape index (κ1) is 29.6. The molecule has 7 nitrogen and oxygen atoms in total. The molecule has 1 aliphatic heterocycles. The Balaban J connectivity index is 1.16. The van der Waals surface area contributed by atoms with Crippen molar-refractivity contribution in [2.24, 2.45) is 0 Å². The molecule has 1 unspecified atom stereocenters. The Hall–Kier alpha value is -4.43. The molecule has 8 heteroatoms. The van der Waals surface area contributed by atoms with Crippen LogP contribution in [-0.4, -0.2) is 49.3 Å². The molecule has 0 spiro atoms. The number of pyridine rings is 3. The Kier molecular flexibility index (Phi) is 8.27. The topological polar surface area (TPSA) is 75.4 Å². The molecule has 0 aliphatic carbocycles. The summed E-state index contributed by atoms with van der Waals surface area (Å²) in [4.78, 5) is 28.8. The van der Waals surface area contributed by atoms with Gasteiger partial charge in [0, 0.05) is 42.3 Å². The maximum absolute atomic E-state index is 15.2. The highest BCUT2D eigenvalue weighted by molar-refractivity contribution is 5.91. The lowest BCUT2D eigenvalue weighted by Gasteiger charge is -2.23. The molecule has 0 saturated carbocycles. The predicted molar refractivity (Wildman–Crippen MR) is 173 cm³/mol. The summed E-state index contributed by atoms with van der Waals surface area (Å²) < 4.78 is 17.2. The lowest BCUT2D eigenvalue weighted by molar-refractivity contribution is -0.115. The molecule has 1 aliphatic rings. The maximum atomic E-state index is 15.2. The van der Waals surface area contributed by atoms with Crippen LogP contribution in [-0.2, 0) is 23.1 Å². The molecule has 0 radical (unpaired) electrons. The number of aromatic nitrogens is 4. The maximum Gasteiger partial charge on any atom is 0.230 e. The number of fused-ring (bicyclic) bond motifs is 1. The predicted octanol–water partition coefficient (Wildman–Crippen LogP) is 7.10. The number of imidazole rings is 1. The van der Waals surface area contributed by atoms with E-state index in [0.29, 0.717) is 23.0 Å². The van der Waals surface area contributed by atoms with Crippen molar-refractivity contribution in [3.8, 4) is 22.4 Å². The van der Waals surface area contributed by atoms with Crippen molar-refractivity contribution >= 4 is 17.4 Å². The van der Waals surface area contributed by atoms with Crippen molar-refractivity contribution in [3.63, 3.8) is 0 Å². The summed E-state index contributed by atoms with van der Waals surface area (Å²) >= 11 is 0. The molecule has 1 atom stereocenters. The van der Waals surface area contributed by atoms with Crippen LogP contribution in [0.1, 0.15) is 57.4 Å². The largest absolute Gasteiger partial charge is 0.310 e. The minimum absolute atomic E-state index is 0.0715. The van der Waals surface area contributed by atoms with Gasteiger partial charge in [-0.05, 0) is 103 Å². The third-order valence-electron chi connectivity index (χ3n) is 8.52. The van der Waals surface area contributed by atoms with Crippen molar-refractivity contribution in [2.45, 2.75) is 64.8 Å². The molecule has 5 aromatic rings. The molecule has 0 bridgehead atoms. The molecule has 6 rings (SSSR count). The van der Waals surface area contributed by atoms with Crippen LogP contribution in [0.25, 0.3) is 28.0 Å². The highest BCUT2D eigenvalue weighted by Gasteiger charge is 2.19. The molecular weight excluding hydrogens is 551 g/mol. The third-order valence-corrected chi connectivity index (χ3v) is 8.52. The lowest BCUT2D eigenvalue weighted by Crippen LogP contribution is -2.31. The number of likely N-dealkylation sites (tertiary alicyclic amines) is 1. The number of nitrogens with one attached hydrogen (secondary N) is 1. The minimum atomic E-state index is -0.437. The van der Waals surface area contributed by atoms with Crippen molar-refractivity contribution in [2.75, 3.05) is 18.4 Å². The van der Waals surface area contributed by atoms with Gasteiger partial charge in [-0.1, -0.05) is 32.9 Å². The summed E-state index contributed by atoms with van der Waals surface area (Å²) in [5.74, 6) is -0.292. The normalized spacial score (nSPS) is 14.7. The Labute approximate surface area is 258 Å². The molecule has 1 N–H and O–H groups in total. The van der Waals surface area contributed by atoms with Crippen LogP contribution >= 0.6 is 0 Å². The fourth-order valence-corrected chi connectivity index (χ4v) is 5.93. The summed E-state index contributed by atoms with van der Waals surface area (Å²) in [5.41, 5.74) is 6.80. The van der Waals surface area contributed by atoms with Crippen molar-refractivity contribution in [1.29, 1.82) is 0 Å². The number of amides is 1. The van der Waals surface area contributed by atoms with Gasteiger partial charge < -0.3 is 10.2 Å². The second-order valence-corrected chi connectivity index (χ2v) is 12.8. The van der Waals surface area contributed by atoms with Gasteiger partial charge in [0.25, 0.3) is 0 Å². The molecule has 1 amide bonds. The zero-order valence-electron chi connectivity index (χ0n) is 25.8. The highest BCUT2D eigenvalue weighted by atomic mass is 19.1. The molecule has 4 aromatic heterocycles. The van der Waals surface area contributed by atoms with E-state index in [2.05, 4.69) is 65.0 Å². The Morgan fingerprint density at radius 1 is 0.932 bits per heavy atom. The van der Waals surface area contributed by atoms with Gasteiger partial charge in [0.1, 0.15) is 17.3 Å². The zero-order chi connectivity index (χ0) is 30.8. The first-order valence-corrected chi connectivity index (χ1v) is 15.4. The summed E-state index contributed by atoms with van der Waals surface area (Å²) in [6, 6.07) is 17.5. The van der Waals surface area contributed by atoms with Gasteiger partial charge >= 0.3 is 0 Å². The van der Waals surface area contributed by atoms with Crippen LogP contribution in [0.4, 0.5) is 10.2 Å². The van der Waals surface area contributed by atoms with E-state index in [0.717, 1.165) is 40.1 Å². The monoisotopic (exact) mass is 590 g/mol. The number of hydrogen-bond donors (Lipinski definition) is 1. The van der Waals surface area contributed by atoms with E-state index in [1.165, 1.54) is 32.0 Å². The van der Waals surface area contributed by atoms with Gasteiger partial charge in [-0.2, -0.15) is 0 Å². The Bertz CT molecular complexity index is 1800. The van der Waals surface area contributed by atoms with E-state index >= 15 is 4.39 Å². The van der Waals surface area contributed by atoms with E-state index in [1.54, 1.807) is 18.5 Å². The Morgan fingerprint density at radius 3 is 2.48 bits per heavy atom. The number of rotatable bonds is 8. The number of hydrogen-bond acceptors (Lipinski definition) is 5. The van der Waals surface area contributed by atoms with Crippen LogP contribution in [0, 0.1) is 5.82 Å². The van der Waals surface area contributed by atoms with Crippen LogP contribution < -0.4 is 5.32 Å². The van der Waals surface area contributed by atoms with Gasteiger partial charge in [-0.15, -0.1) is 0 Å². The average Bonchev–Trinajstić information content (AvgIpc) is 3.69. The van der Waals surface area contributed by atoms with E-state index in [1.807, 2.05) is 47.1 Å². The summed E-state index contributed by atoms with van der Waals surface area (Å²) in [6.07, 6.45) is 10.7. The van der Waals surface area contributed by atoms with Crippen LogP contribution in [0.3, 0.4) is 0 Å². The van der Waals surface area contributed by atoms with Crippen LogP contribution in [0.5, 0.6) is 0 Å². The average molecular weight is 591 g/mol. The second-order valence-electron chi connectivity index (χ2n) is 12.8. The summed E-state index contributed by atoms with van der Waals surface area (Å²) in [7, 11) is 0. The SMILES string of the molecule is CC(Cc1cc(-c2ccn3c(-c4ccc(CC(=O)Nc5cc(C(C)(C)C)ccn5)c(F)c4)cnc3c2)ccn1)N1CCCC1. The number of benzene rings is 1. The van der Waals surface area contributed by atoms with E-state index in [9.17, 15) is 4.79 Å². The minimum Gasteiger partial charge on any atom is -0.310 e. The fourth-order valence-electron chi connectivity index (χ4n) is 5.93. The molecule has 44 heavy (non-hydrogen) atoms. The molecular formula is C36H39FN6O. The molecule has 5 heterocycles. The number of anilines is 1. The Morgan fingerprint density at radius 2 is 1.70 bits per heavy atom. The second kappa shape index (κ2) is 12.3. The van der Waals surface area contributed by atoms with Crippen LogP contribution in [0.2, 0.25) is 0 Å². The molecule has 226 valence electrons. The number of halogens is 1. The van der Waals surface area contributed by atoms with Crippen molar-refractivity contribution in [1.82, 2.24) is 24.3 Å². The first-order valence-electron chi connectivity index (χ1n) is 15.4. The van der Waals surface area contributed by atoms with Crippen molar-refractivity contribution in [3.05, 3.63) is 102 Å². The zero-order valence-corrected chi connectivity index (χ0v) is 25.8. The molecule has 1 aromatic carbocycles. The van der Waals surface area contributed by atoms with Gasteiger partial charge in [-0.25, -0.2) is 14.4 Å². The number of carbonyl (C=O) groups excluding carboxylic acids is 1. The van der Waals surface area contributed by atoms with E-state index < -0.39 is 5.82 Å².